The summed E-state index contributed by atoms with van der Waals surface area (Å²) in [5.41, 5.74) is 0.519. The number of para-hydroxylation sites is 1. The minimum atomic E-state index is -0.470. The second-order valence-corrected chi connectivity index (χ2v) is 4.52. The van der Waals surface area contributed by atoms with Gasteiger partial charge < -0.3 is 14.7 Å². The summed E-state index contributed by atoms with van der Waals surface area (Å²) >= 11 is 0. The van der Waals surface area contributed by atoms with Crippen molar-refractivity contribution in [2.75, 3.05) is 31.7 Å². The molecule has 0 aromatic heterocycles. The van der Waals surface area contributed by atoms with Crippen LogP contribution in [0.25, 0.3) is 0 Å². The summed E-state index contributed by atoms with van der Waals surface area (Å²) in [4.78, 5) is 1.75. The zero-order chi connectivity index (χ0) is 12.3. The van der Waals surface area contributed by atoms with Crippen molar-refractivity contribution in [1.29, 1.82) is 0 Å². The molecule has 0 saturated carbocycles. The molecule has 1 heterocycles. The second kappa shape index (κ2) is 5.47. The standard InChI is InChI=1S/C13H18FNO2/c1-15(12-5-3-2-4-11(12)14)8-13(16)10-6-7-17-9-10/h2-5,10,13,16H,6-9H2,1H3. The Labute approximate surface area is 101 Å². The van der Waals surface area contributed by atoms with Crippen LogP contribution in [-0.2, 0) is 4.74 Å². The van der Waals surface area contributed by atoms with Crippen LogP contribution in [0.4, 0.5) is 10.1 Å². The molecule has 0 aliphatic carbocycles. The fourth-order valence-electron chi connectivity index (χ4n) is 2.15. The minimum Gasteiger partial charge on any atom is -0.391 e. The quantitative estimate of drug-likeness (QED) is 0.867. The average Bonchev–Trinajstić information content (AvgIpc) is 2.82. The monoisotopic (exact) mass is 239 g/mol. The van der Waals surface area contributed by atoms with Crippen LogP contribution in [0.15, 0.2) is 24.3 Å². The lowest BCUT2D eigenvalue weighted by atomic mass is 10.0. The molecule has 0 amide bonds. The molecule has 1 saturated heterocycles. The number of ether oxygens (including phenoxy) is 1. The molecule has 1 aromatic rings. The highest BCUT2D eigenvalue weighted by molar-refractivity contribution is 5.46. The third-order valence-electron chi connectivity index (χ3n) is 3.23. The predicted molar refractivity (Wildman–Crippen MR) is 64.6 cm³/mol. The van der Waals surface area contributed by atoms with Gasteiger partial charge >= 0.3 is 0 Å². The summed E-state index contributed by atoms with van der Waals surface area (Å²) in [5, 5.41) is 10.0. The van der Waals surface area contributed by atoms with Gasteiger partial charge in [-0.15, -0.1) is 0 Å². The summed E-state index contributed by atoms with van der Waals surface area (Å²) in [6.07, 6.45) is 0.411. The lowest BCUT2D eigenvalue weighted by Gasteiger charge is -2.25. The van der Waals surface area contributed by atoms with Gasteiger partial charge in [0.2, 0.25) is 0 Å². The van der Waals surface area contributed by atoms with Crippen LogP contribution in [0.1, 0.15) is 6.42 Å². The first-order valence-corrected chi connectivity index (χ1v) is 5.90. The van der Waals surface area contributed by atoms with Crippen molar-refractivity contribution in [3.05, 3.63) is 30.1 Å². The van der Waals surface area contributed by atoms with E-state index in [1.807, 2.05) is 0 Å². The fourth-order valence-corrected chi connectivity index (χ4v) is 2.15. The van der Waals surface area contributed by atoms with Crippen molar-refractivity contribution in [2.45, 2.75) is 12.5 Å². The van der Waals surface area contributed by atoms with Crippen LogP contribution < -0.4 is 4.90 Å². The molecule has 1 aromatic carbocycles. The van der Waals surface area contributed by atoms with E-state index in [9.17, 15) is 9.50 Å². The summed E-state index contributed by atoms with van der Waals surface area (Å²) in [6, 6.07) is 6.60. The van der Waals surface area contributed by atoms with Crippen molar-refractivity contribution in [3.8, 4) is 0 Å². The Hall–Kier alpha value is -1.13. The first-order chi connectivity index (χ1) is 8.18. The number of rotatable bonds is 4. The molecular weight excluding hydrogens is 221 g/mol. The normalized spacial score (nSPS) is 21.5. The zero-order valence-corrected chi connectivity index (χ0v) is 9.97. The lowest BCUT2D eigenvalue weighted by Crippen LogP contribution is -2.35. The molecule has 1 fully saturated rings. The first-order valence-electron chi connectivity index (χ1n) is 5.90. The van der Waals surface area contributed by atoms with Gasteiger partial charge in [0, 0.05) is 26.1 Å². The Balaban J connectivity index is 1.96. The molecule has 1 N–H and O–H groups in total. The number of aliphatic hydroxyl groups excluding tert-OH is 1. The van der Waals surface area contributed by atoms with Crippen LogP contribution in [0, 0.1) is 11.7 Å². The number of nitrogens with zero attached hydrogens (tertiary/aromatic N) is 1. The molecule has 17 heavy (non-hydrogen) atoms. The highest BCUT2D eigenvalue weighted by atomic mass is 19.1. The predicted octanol–water partition coefficient (Wildman–Crippen LogP) is 1.66. The summed E-state index contributed by atoms with van der Waals surface area (Å²) in [6.45, 7) is 1.74. The van der Waals surface area contributed by atoms with Gasteiger partial charge in [-0.1, -0.05) is 12.1 Å². The molecule has 3 nitrogen and oxygen atoms in total. The molecule has 4 heteroatoms. The molecular formula is C13H18FNO2. The number of likely N-dealkylation sites (N-methyl/N-ethyl adjacent to an activating group) is 1. The van der Waals surface area contributed by atoms with E-state index in [0.717, 1.165) is 6.42 Å². The maximum Gasteiger partial charge on any atom is 0.146 e. The molecule has 1 aliphatic rings. The largest absolute Gasteiger partial charge is 0.391 e. The van der Waals surface area contributed by atoms with E-state index in [0.29, 0.717) is 25.4 Å². The van der Waals surface area contributed by atoms with Gasteiger partial charge in [0.05, 0.1) is 18.4 Å². The number of benzene rings is 1. The number of anilines is 1. The topological polar surface area (TPSA) is 32.7 Å². The number of halogens is 1. The van der Waals surface area contributed by atoms with Crippen molar-refractivity contribution >= 4 is 5.69 Å². The molecule has 2 rings (SSSR count). The van der Waals surface area contributed by atoms with Crippen LogP contribution in [0.5, 0.6) is 0 Å². The van der Waals surface area contributed by atoms with Crippen LogP contribution in [-0.4, -0.2) is 38.0 Å². The van der Waals surface area contributed by atoms with E-state index in [1.54, 1.807) is 30.1 Å². The van der Waals surface area contributed by atoms with E-state index < -0.39 is 6.10 Å². The summed E-state index contributed by atoms with van der Waals surface area (Å²) < 4.78 is 18.8. The van der Waals surface area contributed by atoms with Gasteiger partial charge in [0.15, 0.2) is 0 Å². The van der Waals surface area contributed by atoms with Gasteiger partial charge in [-0.3, -0.25) is 0 Å². The third-order valence-corrected chi connectivity index (χ3v) is 3.23. The van der Waals surface area contributed by atoms with E-state index >= 15 is 0 Å². The summed E-state index contributed by atoms with van der Waals surface area (Å²) in [7, 11) is 1.79. The van der Waals surface area contributed by atoms with E-state index in [2.05, 4.69) is 0 Å². The van der Waals surface area contributed by atoms with E-state index in [-0.39, 0.29) is 11.7 Å². The van der Waals surface area contributed by atoms with Crippen LogP contribution in [0.2, 0.25) is 0 Å². The maximum absolute atomic E-state index is 13.5. The first kappa shape index (κ1) is 12.3. The van der Waals surface area contributed by atoms with Crippen molar-refractivity contribution in [3.63, 3.8) is 0 Å². The molecule has 94 valence electrons. The zero-order valence-electron chi connectivity index (χ0n) is 9.97. The van der Waals surface area contributed by atoms with Crippen LogP contribution in [0.3, 0.4) is 0 Å². The molecule has 2 atom stereocenters. The van der Waals surface area contributed by atoms with E-state index in [1.165, 1.54) is 6.07 Å². The van der Waals surface area contributed by atoms with Gasteiger partial charge in [-0.05, 0) is 18.6 Å². The molecule has 2 unspecified atom stereocenters. The summed E-state index contributed by atoms with van der Waals surface area (Å²) in [5.74, 6) is -0.0888. The van der Waals surface area contributed by atoms with Crippen molar-refractivity contribution < 1.29 is 14.2 Å². The second-order valence-electron chi connectivity index (χ2n) is 4.52. The smallest absolute Gasteiger partial charge is 0.146 e. The highest BCUT2D eigenvalue weighted by Crippen LogP contribution is 2.21. The number of aliphatic hydroxyl groups is 1. The van der Waals surface area contributed by atoms with E-state index in [4.69, 9.17) is 4.74 Å². The maximum atomic E-state index is 13.5. The van der Waals surface area contributed by atoms with Gasteiger partial charge in [0.1, 0.15) is 5.82 Å². The Morgan fingerprint density at radius 1 is 1.53 bits per heavy atom. The van der Waals surface area contributed by atoms with Gasteiger partial charge in [-0.2, -0.15) is 0 Å². The molecule has 0 bridgehead atoms. The van der Waals surface area contributed by atoms with Crippen LogP contribution >= 0.6 is 0 Å². The fraction of sp³-hybridized carbons (Fsp3) is 0.538. The Kier molecular flexibility index (Phi) is 3.97. The van der Waals surface area contributed by atoms with Crippen molar-refractivity contribution in [1.82, 2.24) is 0 Å². The Morgan fingerprint density at radius 2 is 2.29 bits per heavy atom. The number of hydrogen-bond acceptors (Lipinski definition) is 3. The Bertz CT molecular complexity index is 366. The van der Waals surface area contributed by atoms with Gasteiger partial charge in [-0.25, -0.2) is 4.39 Å². The average molecular weight is 239 g/mol. The highest BCUT2D eigenvalue weighted by Gasteiger charge is 2.25. The van der Waals surface area contributed by atoms with Crippen molar-refractivity contribution in [2.24, 2.45) is 5.92 Å². The molecule has 0 radical (unpaired) electrons. The minimum absolute atomic E-state index is 0.171. The number of hydrogen-bond donors (Lipinski definition) is 1. The molecule has 0 spiro atoms. The molecule has 1 aliphatic heterocycles. The third kappa shape index (κ3) is 2.96. The SMILES string of the molecule is CN(CC(O)C1CCOC1)c1ccccc1F. The Morgan fingerprint density at radius 3 is 2.94 bits per heavy atom. The lowest BCUT2D eigenvalue weighted by molar-refractivity contribution is 0.0969. The van der Waals surface area contributed by atoms with Gasteiger partial charge in [0.25, 0.3) is 0 Å².